The molecule has 2 aromatic rings. The van der Waals surface area contributed by atoms with Gasteiger partial charge in [0.15, 0.2) is 0 Å². The minimum absolute atomic E-state index is 0.166. The molecule has 6 nitrogen and oxygen atoms in total. The van der Waals surface area contributed by atoms with Gasteiger partial charge in [-0.25, -0.2) is 14.5 Å². The van der Waals surface area contributed by atoms with Gasteiger partial charge in [0.25, 0.3) is 0 Å². The molecule has 2 aliphatic heterocycles. The summed E-state index contributed by atoms with van der Waals surface area (Å²) in [5.41, 5.74) is 2.50. The van der Waals surface area contributed by atoms with Crippen LogP contribution in [-0.4, -0.2) is 66.0 Å². The predicted octanol–water partition coefficient (Wildman–Crippen LogP) is 2.54. The van der Waals surface area contributed by atoms with E-state index in [0.29, 0.717) is 26.2 Å². The number of carbonyl (C=O) groups is 2. The number of nitrogens with zero attached hydrogens (tertiary/aromatic N) is 3. The molecule has 4 rings (SSSR count). The van der Waals surface area contributed by atoms with Crippen molar-refractivity contribution in [1.82, 2.24) is 20.0 Å². The number of carbonyl (C=O) groups excluding carboxylic acids is 2. The van der Waals surface area contributed by atoms with E-state index in [0.717, 1.165) is 13.1 Å². The largest absolute Gasteiger partial charge is 0.336 e. The maximum Gasteiger partial charge on any atom is 0.328 e. The molecule has 0 saturated carbocycles. The van der Waals surface area contributed by atoms with Gasteiger partial charge in [0.2, 0.25) is 0 Å². The Kier molecular flexibility index (Phi) is 5.07. The van der Waals surface area contributed by atoms with Crippen LogP contribution in [-0.2, 0) is 0 Å². The molecule has 2 aromatic carbocycles. The van der Waals surface area contributed by atoms with Gasteiger partial charge in [-0.15, -0.1) is 0 Å². The lowest BCUT2D eigenvalue weighted by atomic mass is 9.96. The summed E-state index contributed by atoms with van der Waals surface area (Å²) >= 11 is 0. The zero-order chi connectivity index (χ0) is 18.6. The SMILES string of the molecule is O=C1NCCN1C(=O)N1CCN(C(c2ccccc2)c2ccccc2)CC1. The molecular weight excluding hydrogens is 340 g/mol. The number of urea groups is 2. The fourth-order valence-corrected chi connectivity index (χ4v) is 3.88. The molecule has 0 spiro atoms. The molecule has 4 amide bonds. The maximum atomic E-state index is 12.6. The van der Waals surface area contributed by atoms with Gasteiger partial charge in [-0.1, -0.05) is 60.7 Å². The van der Waals surface area contributed by atoms with Crippen molar-refractivity contribution in [2.75, 3.05) is 39.3 Å². The van der Waals surface area contributed by atoms with Crippen LogP contribution in [0.1, 0.15) is 17.2 Å². The number of piperazine rings is 1. The Balaban J connectivity index is 1.49. The number of benzene rings is 2. The van der Waals surface area contributed by atoms with Gasteiger partial charge in [0.1, 0.15) is 0 Å². The van der Waals surface area contributed by atoms with Gasteiger partial charge < -0.3 is 10.2 Å². The first-order valence-corrected chi connectivity index (χ1v) is 9.42. The lowest BCUT2D eigenvalue weighted by molar-refractivity contribution is 0.107. The van der Waals surface area contributed by atoms with Crippen LogP contribution in [0.25, 0.3) is 0 Å². The van der Waals surface area contributed by atoms with E-state index in [2.05, 4.69) is 58.7 Å². The van der Waals surface area contributed by atoms with Crippen LogP contribution in [0.3, 0.4) is 0 Å². The standard InChI is InChI=1S/C21H24N4O2/c26-20-22-11-12-25(20)21(27)24-15-13-23(14-16-24)19(17-7-3-1-4-8-17)18-9-5-2-6-10-18/h1-10,19H,11-16H2,(H,22,26). The van der Waals surface area contributed by atoms with E-state index >= 15 is 0 Å². The van der Waals surface area contributed by atoms with Gasteiger partial charge in [-0.05, 0) is 11.1 Å². The number of hydrogen-bond acceptors (Lipinski definition) is 3. The molecule has 0 aliphatic carbocycles. The molecule has 140 valence electrons. The summed E-state index contributed by atoms with van der Waals surface area (Å²) in [7, 11) is 0. The van der Waals surface area contributed by atoms with E-state index in [9.17, 15) is 9.59 Å². The monoisotopic (exact) mass is 364 g/mol. The summed E-state index contributed by atoms with van der Waals surface area (Å²) in [5, 5.41) is 2.69. The van der Waals surface area contributed by atoms with Crippen molar-refractivity contribution in [3.05, 3.63) is 71.8 Å². The van der Waals surface area contributed by atoms with E-state index in [1.54, 1.807) is 4.90 Å². The fraction of sp³-hybridized carbons (Fsp3) is 0.333. The summed E-state index contributed by atoms with van der Waals surface area (Å²) in [6.45, 7) is 3.78. The van der Waals surface area contributed by atoms with Crippen LogP contribution in [0.2, 0.25) is 0 Å². The van der Waals surface area contributed by atoms with Crippen molar-refractivity contribution >= 4 is 12.1 Å². The zero-order valence-corrected chi connectivity index (χ0v) is 15.3. The van der Waals surface area contributed by atoms with Crippen molar-refractivity contribution in [2.24, 2.45) is 0 Å². The Bertz CT molecular complexity index is 749. The first-order valence-electron chi connectivity index (χ1n) is 9.42. The van der Waals surface area contributed by atoms with Gasteiger partial charge in [-0.2, -0.15) is 0 Å². The molecule has 0 aromatic heterocycles. The quantitative estimate of drug-likeness (QED) is 0.911. The van der Waals surface area contributed by atoms with E-state index in [1.165, 1.54) is 16.0 Å². The minimum Gasteiger partial charge on any atom is -0.336 e. The average Bonchev–Trinajstić information content (AvgIpc) is 3.16. The summed E-state index contributed by atoms with van der Waals surface area (Å²) in [4.78, 5) is 29.9. The highest BCUT2D eigenvalue weighted by Crippen LogP contribution is 2.29. The Morgan fingerprint density at radius 3 is 1.85 bits per heavy atom. The molecule has 1 N–H and O–H groups in total. The molecule has 2 fully saturated rings. The van der Waals surface area contributed by atoms with E-state index in [-0.39, 0.29) is 18.1 Å². The second kappa shape index (κ2) is 7.80. The summed E-state index contributed by atoms with van der Waals surface area (Å²) < 4.78 is 0. The van der Waals surface area contributed by atoms with Crippen molar-refractivity contribution < 1.29 is 9.59 Å². The minimum atomic E-state index is -0.283. The van der Waals surface area contributed by atoms with E-state index in [4.69, 9.17) is 0 Å². The Morgan fingerprint density at radius 2 is 1.37 bits per heavy atom. The Hall–Kier alpha value is -2.86. The summed E-state index contributed by atoms with van der Waals surface area (Å²) in [6, 6.07) is 20.7. The highest BCUT2D eigenvalue weighted by molar-refractivity contribution is 5.95. The lowest BCUT2D eigenvalue weighted by Gasteiger charge is -2.40. The molecule has 0 bridgehead atoms. The van der Waals surface area contributed by atoms with Crippen LogP contribution in [0.4, 0.5) is 9.59 Å². The highest BCUT2D eigenvalue weighted by Gasteiger charge is 2.33. The Morgan fingerprint density at radius 1 is 0.815 bits per heavy atom. The molecule has 0 unspecified atom stereocenters. The molecule has 0 radical (unpaired) electrons. The maximum absolute atomic E-state index is 12.6. The molecule has 2 aliphatic rings. The summed E-state index contributed by atoms with van der Waals surface area (Å²) in [5.74, 6) is 0. The van der Waals surface area contributed by atoms with Crippen molar-refractivity contribution in [1.29, 1.82) is 0 Å². The summed E-state index contributed by atoms with van der Waals surface area (Å²) in [6.07, 6.45) is 0. The number of nitrogens with one attached hydrogen (secondary N) is 1. The van der Waals surface area contributed by atoms with Crippen molar-refractivity contribution in [2.45, 2.75) is 6.04 Å². The van der Waals surface area contributed by atoms with Crippen LogP contribution < -0.4 is 5.32 Å². The molecule has 2 heterocycles. The van der Waals surface area contributed by atoms with Crippen LogP contribution in [0.5, 0.6) is 0 Å². The van der Waals surface area contributed by atoms with Crippen LogP contribution >= 0.6 is 0 Å². The van der Waals surface area contributed by atoms with Crippen molar-refractivity contribution in [3.63, 3.8) is 0 Å². The Labute approximate surface area is 159 Å². The second-order valence-corrected chi connectivity index (χ2v) is 6.91. The molecular formula is C21H24N4O2. The number of rotatable bonds is 3. The first-order chi connectivity index (χ1) is 13.2. The average molecular weight is 364 g/mol. The predicted molar refractivity (Wildman–Crippen MR) is 103 cm³/mol. The fourth-order valence-electron chi connectivity index (χ4n) is 3.88. The van der Waals surface area contributed by atoms with Crippen LogP contribution in [0.15, 0.2) is 60.7 Å². The van der Waals surface area contributed by atoms with Crippen molar-refractivity contribution in [3.8, 4) is 0 Å². The molecule has 27 heavy (non-hydrogen) atoms. The van der Waals surface area contributed by atoms with E-state index < -0.39 is 0 Å². The van der Waals surface area contributed by atoms with Gasteiger partial charge >= 0.3 is 12.1 Å². The van der Waals surface area contributed by atoms with Gasteiger partial charge in [-0.3, -0.25) is 4.90 Å². The van der Waals surface area contributed by atoms with Crippen LogP contribution in [0, 0.1) is 0 Å². The highest BCUT2D eigenvalue weighted by atomic mass is 16.2. The third-order valence-electron chi connectivity index (χ3n) is 5.27. The third kappa shape index (κ3) is 3.66. The topological polar surface area (TPSA) is 55.9 Å². The number of hydrogen-bond donors (Lipinski definition) is 1. The smallest absolute Gasteiger partial charge is 0.328 e. The number of imide groups is 1. The normalized spacial score (nSPS) is 18.0. The van der Waals surface area contributed by atoms with Gasteiger partial charge in [0, 0.05) is 39.3 Å². The third-order valence-corrected chi connectivity index (χ3v) is 5.27. The first kappa shape index (κ1) is 17.5. The molecule has 2 saturated heterocycles. The number of amides is 4. The zero-order valence-electron chi connectivity index (χ0n) is 15.3. The second-order valence-electron chi connectivity index (χ2n) is 6.91. The van der Waals surface area contributed by atoms with E-state index in [1.807, 2.05) is 12.1 Å². The van der Waals surface area contributed by atoms with Gasteiger partial charge in [0.05, 0.1) is 6.04 Å². The lowest BCUT2D eigenvalue weighted by Crippen LogP contribution is -2.54. The molecule has 6 heteroatoms. The molecule has 0 atom stereocenters.